The quantitative estimate of drug-likeness (QED) is 0.149. The molecule has 2 aromatic carbocycles. The summed E-state index contributed by atoms with van der Waals surface area (Å²) in [5.74, 6) is 3.22. The molecule has 8 rings (SSSR count). The van der Waals surface area contributed by atoms with E-state index in [1.54, 1.807) is 22.7 Å². The molecule has 10 nitrogen and oxygen atoms in total. The number of carbonyl (C=O) groups excluding carboxylic acids is 1. The van der Waals surface area contributed by atoms with Crippen LogP contribution in [0.3, 0.4) is 0 Å². The fraction of sp³-hybridized carbons (Fsp3) is 0.359. The summed E-state index contributed by atoms with van der Waals surface area (Å²) in [4.78, 5) is 34.9. The van der Waals surface area contributed by atoms with E-state index in [9.17, 15) is 4.79 Å². The number of hydrogen-bond donors (Lipinski definition) is 0. The summed E-state index contributed by atoms with van der Waals surface area (Å²) >= 11 is 3.37. The highest BCUT2D eigenvalue weighted by molar-refractivity contribution is 7.18. The van der Waals surface area contributed by atoms with Gasteiger partial charge in [-0.25, -0.2) is 19.9 Å². The number of nitrogens with zero attached hydrogens (tertiary/aromatic N) is 6. The molecule has 0 atom stereocenters. The van der Waals surface area contributed by atoms with Gasteiger partial charge in [0, 0.05) is 44.2 Å². The molecule has 0 bridgehead atoms. The van der Waals surface area contributed by atoms with Crippen LogP contribution in [0.4, 0.5) is 11.6 Å². The smallest absolute Gasteiger partial charge is 0.302 e. The highest BCUT2D eigenvalue weighted by Gasteiger charge is 2.20. The van der Waals surface area contributed by atoms with Crippen LogP contribution in [-0.4, -0.2) is 78.5 Å². The maximum Gasteiger partial charge on any atom is 0.302 e. The Labute approximate surface area is 308 Å². The molecule has 0 saturated carbocycles. The standard InChI is InChI=1S/C19H19N3O3S.C18H19N3OS.2CH4/c1-13(23)25-12-14-3-2-4-15(11-14)18-20-16-5-10-26-17(16)19(21-18)22-6-8-24-9-7-22;1-2-13-4-3-5-14(12-13)17-19-15-6-11-23-16(15)18(20-17)21-7-9-22-10-8-21;;/h2-5,10-11H,6-9,12H2,1H3;3-6,11-12H,2,7-10H2,1H3;2*1H4. The van der Waals surface area contributed by atoms with Crippen molar-refractivity contribution in [2.24, 2.45) is 0 Å². The summed E-state index contributed by atoms with van der Waals surface area (Å²) in [7, 11) is 0. The minimum Gasteiger partial charge on any atom is -0.461 e. The number of carbonyl (C=O) groups is 1. The van der Waals surface area contributed by atoms with Gasteiger partial charge in [-0.1, -0.05) is 58.2 Å². The van der Waals surface area contributed by atoms with Gasteiger partial charge in [0.05, 0.1) is 46.9 Å². The molecule has 6 aromatic rings. The number of aromatic nitrogens is 4. The molecule has 51 heavy (non-hydrogen) atoms. The molecule has 12 heteroatoms. The Morgan fingerprint density at radius 2 is 1.18 bits per heavy atom. The van der Waals surface area contributed by atoms with Crippen LogP contribution in [0.25, 0.3) is 43.2 Å². The van der Waals surface area contributed by atoms with Crippen LogP contribution in [0.5, 0.6) is 0 Å². The van der Waals surface area contributed by atoms with E-state index in [1.807, 2.05) is 35.7 Å². The molecule has 6 heterocycles. The lowest BCUT2D eigenvalue weighted by molar-refractivity contribution is -0.142. The number of hydrogen-bond acceptors (Lipinski definition) is 12. The molecule has 2 aliphatic rings. The average molecular weight is 727 g/mol. The van der Waals surface area contributed by atoms with Crippen molar-refractivity contribution in [3.63, 3.8) is 0 Å². The number of thiophene rings is 2. The molecule has 0 radical (unpaired) electrons. The van der Waals surface area contributed by atoms with Crippen molar-refractivity contribution >= 4 is 60.7 Å². The number of esters is 1. The van der Waals surface area contributed by atoms with E-state index >= 15 is 0 Å². The Kier molecular flexibility index (Phi) is 13.1. The lowest BCUT2D eigenvalue weighted by Gasteiger charge is -2.28. The molecule has 2 aliphatic heterocycles. The number of benzene rings is 2. The van der Waals surface area contributed by atoms with E-state index in [0.29, 0.717) is 19.0 Å². The molecular weight excluding hydrogens is 681 g/mol. The number of anilines is 2. The zero-order valence-corrected chi connectivity index (χ0v) is 29.3. The molecule has 0 spiro atoms. The predicted molar refractivity (Wildman–Crippen MR) is 210 cm³/mol. The average Bonchev–Trinajstić information content (AvgIpc) is 3.84. The second-order valence-electron chi connectivity index (χ2n) is 11.7. The summed E-state index contributed by atoms with van der Waals surface area (Å²) in [5.41, 5.74) is 6.21. The largest absolute Gasteiger partial charge is 0.461 e. The van der Waals surface area contributed by atoms with Crippen LogP contribution in [-0.2, 0) is 32.0 Å². The number of aryl methyl sites for hydroxylation is 1. The minimum absolute atomic E-state index is 0. The summed E-state index contributed by atoms with van der Waals surface area (Å²) in [6.07, 6.45) is 1.02. The van der Waals surface area contributed by atoms with Gasteiger partial charge in [0.2, 0.25) is 0 Å². The third-order valence-corrected chi connectivity index (χ3v) is 10.2. The van der Waals surface area contributed by atoms with Gasteiger partial charge < -0.3 is 24.0 Å². The first kappa shape index (κ1) is 37.8. The highest BCUT2D eigenvalue weighted by atomic mass is 32.1. The van der Waals surface area contributed by atoms with E-state index < -0.39 is 0 Å². The Bertz CT molecular complexity index is 2050. The first-order valence-corrected chi connectivity index (χ1v) is 18.3. The van der Waals surface area contributed by atoms with Crippen molar-refractivity contribution in [1.29, 1.82) is 0 Å². The van der Waals surface area contributed by atoms with Gasteiger partial charge >= 0.3 is 5.97 Å². The van der Waals surface area contributed by atoms with Gasteiger partial charge in [0.15, 0.2) is 23.3 Å². The molecule has 268 valence electrons. The van der Waals surface area contributed by atoms with Crippen molar-refractivity contribution in [3.05, 3.63) is 82.6 Å². The van der Waals surface area contributed by atoms with E-state index in [2.05, 4.69) is 52.4 Å². The van der Waals surface area contributed by atoms with E-state index in [0.717, 1.165) is 95.7 Å². The van der Waals surface area contributed by atoms with E-state index in [-0.39, 0.29) is 27.4 Å². The second kappa shape index (κ2) is 17.6. The van der Waals surface area contributed by atoms with Gasteiger partial charge in [-0.15, -0.1) is 22.7 Å². The predicted octanol–water partition coefficient (Wildman–Crippen LogP) is 8.29. The minimum atomic E-state index is -0.291. The number of fused-ring (bicyclic) bond motifs is 2. The first-order chi connectivity index (χ1) is 24.1. The highest BCUT2D eigenvalue weighted by Crippen LogP contribution is 2.33. The van der Waals surface area contributed by atoms with Gasteiger partial charge in [0.1, 0.15) is 6.61 Å². The van der Waals surface area contributed by atoms with Crippen molar-refractivity contribution in [3.8, 4) is 22.8 Å². The van der Waals surface area contributed by atoms with Crippen LogP contribution >= 0.6 is 22.7 Å². The molecule has 0 N–H and O–H groups in total. The zero-order chi connectivity index (χ0) is 33.6. The summed E-state index contributed by atoms with van der Waals surface area (Å²) < 4.78 is 18.3. The third kappa shape index (κ3) is 8.88. The van der Waals surface area contributed by atoms with Crippen LogP contribution in [0.2, 0.25) is 0 Å². The summed E-state index contributed by atoms with van der Waals surface area (Å²) in [6, 6.07) is 20.4. The van der Waals surface area contributed by atoms with Crippen LogP contribution in [0, 0.1) is 0 Å². The molecule has 0 aliphatic carbocycles. The Morgan fingerprint density at radius 1 is 0.706 bits per heavy atom. The van der Waals surface area contributed by atoms with Gasteiger partial charge in [-0.2, -0.15) is 0 Å². The first-order valence-electron chi connectivity index (χ1n) is 16.5. The molecule has 0 amide bonds. The Balaban J connectivity index is 0.000000191. The van der Waals surface area contributed by atoms with Crippen molar-refractivity contribution in [1.82, 2.24) is 19.9 Å². The lowest BCUT2D eigenvalue weighted by Crippen LogP contribution is -2.36. The molecule has 2 saturated heterocycles. The molecular formula is C39H46N6O4S2. The molecule has 0 unspecified atom stereocenters. The maximum atomic E-state index is 11.0. The zero-order valence-electron chi connectivity index (χ0n) is 27.6. The van der Waals surface area contributed by atoms with Gasteiger partial charge in [0.25, 0.3) is 0 Å². The number of rotatable bonds is 7. The van der Waals surface area contributed by atoms with Crippen molar-refractivity contribution in [2.75, 3.05) is 62.4 Å². The number of ether oxygens (including phenoxy) is 3. The van der Waals surface area contributed by atoms with Crippen LogP contribution in [0.15, 0.2) is 71.4 Å². The summed E-state index contributed by atoms with van der Waals surface area (Å²) in [6.45, 7) is 10.2. The van der Waals surface area contributed by atoms with Crippen molar-refractivity contribution in [2.45, 2.75) is 41.7 Å². The van der Waals surface area contributed by atoms with Crippen molar-refractivity contribution < 1.29 is 19.0 Å². The maximum absolute atomic E-state index is 11.0. The topological polar surface area (TPSA) is 103 Å². The molecule has 4 aromatic heterocycles. The van der Waals surface area contributed by atoms with Crippen LogP contribution in [0.1, 0.15) is 39.8 Å². The monoisotopic (exact) mass is 726 g/mol. The number of morpholine rings is 2. The fourth-order valence-electron chi connectivity index (χ4n) is 5.85. The van der Waals surface area contributed by atoms with E-state index in [4.69, 9.17) is 34.1 Å². The summed E-state index contributed by atoms with van der Waals surface area (Å²) in [5, 5.41) is 4.14. The SMILES string of the molecule is C.C.CC(=O)OCc1cccc(-c2nc(N3CCOCC3)c3sccc3n2)c1.CCc1cccc(-c2nc(N3CCOCC3)c3sccc3n2)c1. The van der Waals surface area contributed by atoms with Gasteiger partial charge in [-0.05, 0) is 52.6 Å². The molecule has 2 fully saturated rings. The Morgan fingerprint density at radius 3 is 1.65 bits per heavy atom. The lowest BCUT2D eigenvalue weighted by atomic mass is 10.1. The normalized spacial score (nSPS) is 14.3. The van der Waals surface area contributed by atoms with Gasteiger partial charge in [-0.3, -0.25) is 4.79 Å². The second-order valence-corrected chi connectivity index (χ2v) is 13.6. The van der Waals surface area contributed by atoms with E-state index in [1.165, 1.54) is 17.2 Å². The fourth-order valence-corrected chi connectivity index (χ4v) is 7.54. The third-order valence-electron chi connectivity index (χ3n) is 8.41. The Hall–Kier alpha value is -4.49. The van der Waals surface area contributed by atoms with Crippen LogP contribution < -0.4 is 9.80 Å².